The Morgan fingerprint density at radius 1 is 1.12 bits per heavy atom. The van der Waals surface area contributed by atoms with Crippen molar-refractivity contribution in [2.24, 2.45) is 7.05 Å². The first-order chi connectivity index (χ1) is 19.7. The minimum atomic E-state index is -3.16. The lowest BCUT2D eigenvalue weighted by Gasteiger charge is -2.49. The number of aryl methyl sites for hydroxylation is 2. The van der Waals surface area contributed by atoms with Crippen molar-refractivity contribution in [3.8, 4) is 5.75 Å². The molecule has 1 aliphatic heterocycles. The molecule has 3 aromatic carbocycles. The van der Waals surface area contributed by atoms with E-state index in [0.717, 1.165) is 39.8 Å². The predicted octanol–water partition coefficient (Wildman–Crippen LogP) is 6.40. The molecular weight excluding hydrogens is 540 g/mol. The van der Waals surface area contributed by atoms with Crippen LogP contribution in [0.1, 0.15) is 66.3 Å². The van der Waals surface area contributed by atoms with Gasteiger partial charge in [0.25, 0.3) is 0 Å². The molecule has 2 heterocycles. The first kappa shape index (κ1) is 29.1. The molecule has 5 rings (SSSR count). The van der Waals surface area contributed by atoms with Crippen LogP contribution < -0.4 is 4.74 Å². The molecule has 10 heteroatoms. The second kappa shape index (κ2) is 11.8. The first-order valence-corrected chi connectivity index (χ1v) is 15.4. The van der Waals surface area contributed by atoms with Gasteiger partial charge in [0.1, 0.15) is 16.8 Å². The lowest BCUT2D eigenvalue weighted by atomic mass is 9.86. The molecule has 1 aliphatic rings. The van der Waals surface area contributed by atoms with Crippen LogP contribution in [0.4, 0.5) is 0 Å². The molecular formula is C31H38N4O5S. The molecule has 0 aliphatic carbocycles. The Bertz CT molecular complexity index is 1570. The lowest BCUT2D eigenvalue weighted by molar-refractivity contribution is -0.143. The number of rotatable bonds is 9. The summed E-state index contributed by atoms with van der Waals surface area (Å²) in [7, 11) is 0.259. The quantitative estimate of drug-likeness (QED) is 0.220. The molecule has 2 N–H and O–H groups in total. The van der Waals surface area contributed by atoms with Crippen LogP contribution in [-0.2, 0) is 23.1 Å². The van der Waals surface area contributed by atoms with E-state index in [2.05, 4.69) is 23.3 Å². The highest BCUT2D eigenvalue weighted by Crippen LogP contribution is 2.59. The van der Waals surface area contributed by atoms with Crippen LogP contribution in [-0.4, -0.2) is 54.6 Å². The summed E-state index contributed by atoms with van der Waals surface area (Å²) in [6.45, 7) is 7.16. The van der Waals surface area contributed by atoms with Crippen molar-refractivity contribution in [1.29, 1.82) is 0 Å². The summed E-state index contributed by atoms with van der Waals surface area (Å²) in [5.41, 5.74) is 6.25. The van der Waals surface area contributed by atoms with Crippen molar-refractivity contribution < 1.29 is 23.4 Å². The number of fused-ring (bicyclic) bond motifs is 2. The zero-order chi connectivity index (χ0) is 29.3. The Kier molecular flexibility index (Phi) is 8.37. The smallest absolute Gasteiger partial charge is 0.306 e. The Morgan fingerprint density at radius 2 is 1.90 bits per heavy atom. The van der Waals surface area contributed by atoms with Crippen molar-refractivity contribution >= 4 is 27.8 Å². The SMILES string of the molecule is CCOC(=O)CC(c1ccc(C)c(CN2CC(CC)c3ccccc3S2(O)O)c1)c1cc(OC)c2c(c1)nnn2C. The van der Waals surface area contributed by atoms with Crippen molar-refractivity contribution in [2.45, 2.75) is 56.9 Å². The Labute approximate surface area is 242 Å². The molecule has 0 bridgehead atoms. The Hall–Kier alpha value is -3.44. The molecule has 4 aromatic rings. The van der Waals surface area contributed by atoms with E-state index in [4.69, 9.17) is 9.47 Å². The van der Waals surface area contributed by atoms with Gasteiger partial charge in [-0.2, -0.15) is 4.31 Å². The van der Waals surface area contributed by atoms with E-state index in [0.29, 0.717) is 35.9 Å². The van der Waals surface area contributed by atoms with Gasteiger partial charge in [-0.15, -0.1) is 15.9 Å². The molecule has 0 fully saturated rings. The molecule has 9 nitrogen and oxygen atoms in total. The predicted molar refractivity (Wildman–Crippen MR) is 160 cm³/mol. The van der Waals surface area contributed by atoms with Gasteiger partial charge < -0.3 is 9.47 Å². The molecule has 0 saturated carbocycles. The van der Waals surface area contributed by atoms with Gasteiger partial charge in [0.05, 0.1) is 25.0 Å². The Morgan fingerprint density at radius 3 is 2.63 bits per heavy atom. The van der Waals surface area contributed by atoms with Gasteiger partial charge >= 0.3 is 5.97 Å². The van der Waals surface area contributed by atoms with Gasteiger partial charge in [0.2, 0.25) is 0 Å². The Balaban J connectivity index is 1.55. The number of esters is 1. The average Bonchev–Trinajstić information content (AvgIpc) is 3.34. The minimum absolute atomic E-state index is 0.134. The minimum Gasteiger partial charge on any atom is -0.494 e. The number of nitrogens with zero attached hydrogens (tertiary/aromatic N) is 4. The van der Waals surface area contributed by atoms with Crippen molar-refractivity contribution in [2.75, 3.05) is 20.3 Å². The summed E-state index contributed by atoms with van der Waals surface area (Å²) in [6, 6.07) is 17.6. The van der Waals surface area contributed by atoms with Crippen LogP contribution in [0.3, 0.4) is 0 Å². The highest BCUT2D eigenvalue weighted by molar-refractivity contribution is 8.22. The fraction of sp³-hybridized carbons (Fsp3) is 0.387. The summed E-state index contributed by atoms with van der Waals surface area (Å²) >= 11 is 0. The van der Waals surface area contributed by atoms with E-state index in [1.54, 1.807) is 18.7 Å². The molecule has 0 saturated heterocycles. The number of hydrogen-bond donors (Lipinski definition) is 2. The molecule has 1 aromatic heterocycles. The number of carbonyl (C=O) groups is 1. The van der Waals surface area contributed by atoms with Gasteiger partial charge in [-0.05, 0) is 72.2 Å². The van der Waals surface area contributed by atoms with Crippen LogP contribution in [0.25, 0.3) is 11.0 Å². The molecule has 0 radical (unpaired) electrons. The summed E-state index contributed by atoms with van der Waals surface area (Å²) in [6.07, 6.45) is 1.03. The first-order valence-electron chi connectivity index (χ1n) is 13.9. The monoisotopic (exact) mass is 578 g/mol. The van der Waals surface area contributed by atoms with Gasteiger partial charge in [0, 0.05) is 26.1 Å². The van der Waals surface area contributed by atoms with Crippen LogP contribution in [0.5, 0.6) is 5.75 Å². The van der Waals surface area contributed by atoms with Crippen molar-refractivity contribution in [3.05, 3.63) is 82.4 Å². The summed E-state index contributed by atoms with van der Waals surface area (Å²) in [5.74, 6) is 0.194. The van der Waals surface area contributed by atoms with Crippen LogP contribution in [0.2, 0.25) is 0 Å². The number of hydrogen-bond acceptors (Lipinski definition) is 8. The maximum Gasteiger partial charge on any atom is 0.306 e. The van der Waals surface area contributed by atoms with Crippen LogP contribution in [0.15, 0.2) is 59.5 Å². The maximum absolute atomic E-state index is 12.8. The maximum atomic E-state index is 12.8. The number of aromatic nitrogens is 3. The van der Waals surface area contributed by atoms with Crippen LogP contribution in [0, 0.1) is 6.92 Å². The van der Waals surface area contributed by atoms with Crippen molar-refractivity contribution in [1.82, 2.24) is 19.3 Å². The van der Waals surface area contributed by atoms with E-state index in [1.807, 2.05) is 66.8 Å². The normalized spacial score (nSPS) is 18.1. The summed E-state index contributed by atoms with van der Waals surface area (Å²) in [4.78, 5) is 13.4. The highest BCUT2D eigenvalue weighted by atomic mass is 32.3. The van der Waals surface area contributed by atoms with E-state index < -0.39 is 10.8 Å². The molecule has 2 atom stereocenters. The third kappa shape index (κ3) is 5.57. The van der Waals surface area contributed by atoms with E-state index in [-0.39, 0.29) is 24.2 Å². The van der Waals surface area contributed by atoms with Gasteiger partial charge in [-0.3, -0.25) is 13.9 Å². The number of methoxy groups -OCH3 is 1. The van der Waals surface area contributed by atoms with E-state index in [9.17, 15) is 13.9 Å². The van der Waals surface area contributed by atoms with Gasteiger partial charge in [-0.25, -0.2) is 4.68 Å². The molecule has 41 heavy (non-hydrogen) atoms. The largest absolute Gasteiger partial charge is 0.494 e. The number of benzene rings is 3. The third-order valence-electron chi connectivity index (χ3n) is 8.04. The van der Waals surface area contributed by atoms with Gasteiger partial charge in [0.15, 0.2) is 0 Å². The fourth-order valence-corrected chi connectivity index (χ4v) is 7.57. The molecule has 218 valence electrons. The summed E-state index contributed by atoms with van der Waals surface area (Å²) in [5, 5.41) is 8.44. The number of ether oxygens (including phenoxy) is 2. The van der Waals surface area contributed by atoms with E-state index >= 15 is 0 Å². The molecule has 0 amide bonds. The second-order valence-corrected chi connectivity index (χ2v) is 12.5. The molecule has 2 unspecified atom stereocenters. The number of carbonyl (C=O) groups excluding carboxylic acids is 1. The second-order valence-electron chi connectivity index (χ2n) is 10.5. The average molecular weight is 579 g/mol. The van der Waals surface area contributed by atoms with Crippen LogP contribution >= 0.6 is 10.8 Å². The standard InChI is InChI=1S/C31H38N4O5S/c1-6-21-18-35(41(37,38)29-11-9-8-10-25(21)29)19-24-14-22(13-12-20(24)3)26(17-30(36)40-7-2)23-15-27-31(28(16-23)39-5)34(4)33-32-27/h8-16,21,26,37-38H,6-7,17-19H2,1-5H3. The lowest BCUT2D eigenvalue weighted by Crippen LogP contribution is -2.36. The topological polar surface area (TPSA) is 110 Å². The highest BCUT2D eigenvalue weighted by Gasteiger charge is 2.36. The third-order valence-corrected chi connectivity index (χ3v) is 10.00. The summed E-state index contributed by atoms with van der Waals surface area (Å²) < 4.78 is 37.4. The zero-order valence-corrected chi connectivity index (χ0v) is 25.0. The fourth-order valence-electron chi connectivity index (χ4n) is 5.77. The van der Waals surface area contributed by atoms with Gasteiger partial charge in [-0.1, -0.05) is 48.5 Å². The van der Waals surface area contributed by atoms with Crippen molar-refractivity contribution in [3.63, 3.8) is 0 Å². The molecule has 0 spiro atoms. The van der Waals surface area contributed by atoms with E-state index in [1.165, 1.54) is 0 Å². The zero-order valence-electron chi connectivity index (χ0n) is 24.2.